The SMILES string of the molecule is C/C=C(\C)C[C@@](C)(O)C(=O)c1ccccc1. The highest BCUT2D eigenvalue weighted by Crippen LogP contribution is 2.21. The van der Waals surface area contributed by atoms with Crippen LogP contribution in [0.3, 0.4) is 0 Å². The molecule has 2 nitrogen and oxygen atoms in total. The predicted molar refractivity (Wildman–Crippen MR) is 65.4 cm³/mol. The van der Waals surface area contributed by atoms with Crippen LogP contribution in [-0.4, -0.2) is 16.5 Å². The van der Waals surface area contributed by atoms with Gasteiger partial charge in [0.15, 0.2) is 5.78 Å². The van der Waals surface area contributed by atoms with Gasteiger partial charge in [0.25, 0.3) is 0 Å². The molecule has 1 N–H and O–H groups in total. The summed E-state index contributed by atoms with van der Waals surface area (Å²) in [6, 6.07) is 8.89. The lowest BCUT2D eigenvalue weighted by molar-refractivity contribution is 0.0409. The van der Waals surface area contributed by atoms with Gasteiger partial charge in [-0.15, -0.1) is 0 Å². The molecule has 0 fully saturated rings. The van der Waals surface area contributed by atoms with Crippen molar-refractivity contribution in [3.63, 3.8) is 0 Å². The van der Waals surface area contributed by atoms with E-state index in [1.807, 2.05) is 26.0 Å². The van der Waals surface area contributed by atoms with Crippen molar-refractivity contribution in [2.75, 3.05) is 0 Å². The van der Waals surface area contributed by atoms with E-state index in [1.165, 1.54) is 0 Å². The number of Topliss-reactive ketones (excluding diaryl/α,β-unsaturated/α-hetero) is 1. The molecule has 1 atom stereocenters. The second-order valence-electron chi connectivity index (χ2n) is 4.28. The number of rotatable bonds is 4. The van der Waals surface area contributed by atoms with E-state index in [1.54, 1.807) is 31.2 Å². The number of aliphatic hydroxyl groups is 1. The number of hydrogen-bond acceptors (Lipinski definition) is 2. The summed E-state index contributed by atoms with van der Waals surface area (Å²) >= 11 is 0. The Morgan fingerprint density at radius 1 is 1.38 bits per heavy atom. The molecule has 0 heterocycles. The van der Waals surface area contributed by atoms with E-state index in [0.29, 0.717) is 12.0 Å². The molecule has 0 bridgehead atoms. The first-order valence-electron chi connectivity index (χ1n) is 5.41. The third-order valence-electron chi connectivity index (χ3n) is 2.64. The summed E-state index contributed by atoms with van der Waals surface area (Å²) in [7, 11) is 0. The lowest BCUT2D eigenvalue weighted by Crippen LogP contribution is -2.35. The average Bonchev–Trinajstić information content (AvgIpc) is 2.28. The van der Waals surface area contributed by atoms with Crippen molar-refractivity contribution >= 4 is 5.78 Å². The fourth-order valence-electron chi connectivity index (χ4n) is 1.63. The van der Waals surface area contributed by atoms with Crippen molar-refractivity contribution in [2.45, 2.75) is 32.8 Å². The number of allylic oxidation sites excluding steroid dienone is 1. The third kappa shape index (κ3) is 3.04. The minimum atomic E-state index is -1.32. The van der Waals surface area contributed by atoms with Gasteiger partial charge in [-0.2, -0.15) is 0 Å². The fraction of sp³-hybridized carbons (Fsp3) is 0.357. The number of hydrogen-bond donors (Lipinski definition) is 1. The van der Waals surface area contributed by atoms with Crippen molar-refractivity contribution in [2.24, 2.45) is 0 Å². The van der Waals surface area contributed by atoms with E-state index in [2.05, 4.69) is 0 Å². The standard InChI is InChI=1S/C14H18O2/c1-4-11(2)10-14(3,16)13(15)12-8-6-5-7-9-12/h4-9,16H,10H2,1-3H3/b11-4+/t14-/m1/s1. The molecule has 0 spiro atoms. The van der Waals surface area contributed by atoms with Gasteiger partial charge in [-0.05, 0) is 20.8 Å². The van der Waals surface area contributed by atoms with Crippen LogP contribution in [0.15, 0.2) is 42.0 Å². The highest BCUT2D eigenvalue weighted by molar-refractivity contribution is 6.02. The van der Waals surface area contributed by atoms with Gasteiger partial charge in [-0.3, -0.25) is 4.79 Å². The Bertz CT molecular complexity index is 388. The Morgan fingerprint density at radius 2 is 1.94 bits per heavy atom. The van der Waals surface area contributed by atoms with Crippen molar-refractivity contribution in [3.8, 4) is 0 Å². The molecule has 0 aliphatic rings. The highest BCUT2D eigenvalue weighted by atomic mass is 16.3. The van der Waals surface area contributed by atoms with Crippen LogP contribution in [0.4, 0.5) is 0 Å². The van der Waals surface area contributed by atoms with Crippen molar-refractivity contribution in [1.29, 1.82) is 0 Å². The van der Waals surface area contributed by atoms with Crippen LogP contribution in [0.25, 0.3) is 0 Å². The van der Waals surface area contributed by atoms with Crippen molar-refractivity contribution < 1.29 is 9.90 Å². The van der Waals surface area contributed by atoms with Crippen LogP contribution in [0.2, 0.25) is 0 Å². The smallest absolute Gasteiger partial charge is 0.194 e. The Balaban J connectivity index is 2.89. The van der Waals surface area contributed by atoms with Crippen molar-refractivity contribution in [3.05, 3.63) is 47.5 Å². The lowest BCUT2D eigenvalue weighted by atomic mass is 9.89. The van der Waals surface area contributed by atoms with Crippen LogP contribution >= 0.6 is 0 Å². The summed E-state index contributed by atoms with van der Waals surface area (Å²) in [5.41, 5.74) is 0.239. The van der Waals surface area contributed by atoms with E-state index in [9.17, 15) is 9.90 Å². The molecule has 16 heavy (non-hydrogen) atoms. The van der Waals surface area contributed by atoms with Gasteiger partial charge < -0.3 is 5.11 Å². The molecule has 1 rings (SSSR count). The summed E-state index contributed by atoms with van der Waals surface area (Å²) in [5.74, 6) is -0.227. The highest BCUT2D eigenvalue weighted by Gasteiger charge is 2.30. The average molecular weight is 218 g/mol. The minimum Gasteiger partial charge on any atom is -0.382 e. The number of carbonyl (C=O) groups excluding carboxylic acids is 1. The molecule has 86 valence electrons. The van der Waals surface area contributed by atoms with Crippen LogP contribution in [-0.2, 0) is 0 Å². The minimum absolute atomic E-state index is 0.227. The molecule has 0 aliphatic carbocycles. The van der Waals surface area contributed by atoms with Gasteiger partial charge in [0.05, 0.1) is 0 Å². The number of carbonyl (C=O) groups is 1. The van der Waals surface area contributed by atoms with Crippen LogP contribution < -0.4 is 0 Å². The Hall–Kier alpha value is -1.41. The Kier molecular flexibility index (Phi) is 4.02. The van der Waals surface area contributed by atoms with Gasteiger partial charge in [0.2, 0.25) is 0 Å². The molecule has 0 aromatic heterocycles. The zero-order chi connectivity index (χ0) is 12.2. The molecule has 1 aromatic rings. The maximum absolute atomic E-state index is 12.0. The first-order chi connectivity index (χ1) is 7.47. The third-order valence-corrected chi connectivity index (χ3v) is 2.64. The quantitative estimate of drug-likeness (QED) is 0.623. The normalized spacial score (nSPS) is 15.6. The van der Waals surface area contributed by atoms with Crippen LogP contribution in [0.1, 0.15) is 37.6 Å². The predicted octanol–water partition coefficient (Wildman–Crippen LogP) is 2.98. The van der Waals surface area contributed by atoms with E-state index in [-0.39, 0.29) is 5.78 Å². The molecule has 2 heteroatoms. The van der Waals surface area contributed by atoms with Crippen LogP contribution in [0, 0.1) is 0 Å². The maximum atomic E-state index is 12.0. The second-order valence-corrected chi connectivity index (χ2v) is 4.28. The van der Waals surface area contributed by atoms with Gasteiger partial charge >= 0.3 is 0 Å². The zero-order valence-electron chi connectivity index (χ0n) is 10.0. The first-order valence-corrected chi connectivity index (χ1v) is 5.41. The molecule has 0 unspecified atom stereocenters. The summed E-state index contributed by atoms with van der Waals surface area (Å²) in [4.78, 5) is 12.0. The summed E-state index contributed by atoms with van der Waals surface area (Å²) < 4.78 is 0. The molecule has 0 saturated heterocycles. The fourth-order valence-corrected chi connectivity index (χ4v) is 1.63. The molecule has 0 radical (unpaired) electrons. The van der Waals surface area contributed by atoms with Gasteiger partial charge in [-0.25, -0.2) is 0 Å². The zero-order valence-corrected chi connectivity index (χ0v) is 10.0. The second kappa shape index (κ2) is 5.08. The van der Waals surface area contributed by atoms with E-state index >= 15 is 0 Å². The topological polar surface area (TPSA) is 37.3 Å². The van der Waals surface area contributed by atoms with E-state index in [4.69, 9.17) is 0 Å². The molecular formula is C14H18O2. The summed E-state index contributed by atoms with van der Waals surface area (Å²) in [6.45, 7) is 5.38. The summed E-state index contributed by atoms with van der Waals surface area (Å²) in [5, 5.41) is 10.1. The molecular weight excluding hydrogens is 200 g/mol. The Labute approximate surface area is 96.6 Å². The molecule has 0 saturated carbocycles. The number of benzene rings is 1. The van der Waals surface area contributed by atoms with E-state index < -0.39 is 5.60 Å². The van der Waals surface area contributed by atoms with Gasteiger partial charge in [0, 0.05) is 12.0 Å². The van der Waals surface area contributed by atoms with Gasteiger partial charge in [0.1, 0.15) is 5.60 Å². The van der Waals surface area contributed by atoms with E-state index in [0.717, 1.165) is 5.57 Å². The largest absolute Gasteiger partial charge is 0.382 e. The number of ketones is 1. The maximum Gasteiger partial charge on any atom is 0.194 e. The lowest BCUT2D eigenvalue weighted by Gasteiger charge is -2.22. The monoisotopic (exact) mass is 218 g/mol. The molecule has 0 aliphatic heterocycles. The Morgan fingerprint density at radius 3 is 2.44 bits per heavy atom. The summed E-state index contributed by atoms with van der Waals surface area (Å²) in [6.07, 6.45) is 2.28. The molecule has 0 amide bonds. The van der Waals surface area contributed by atoms with Crippen LogP contribution in [0.5, 0.6) is 0 Å². The van der Waals surface area contributed by atoms with Crippen molar-refractivity contribution in [1.82, 2.24) is 0 Å². The van der Waals surface area contributed by atoms with Gasteiger partial charge in [-0.1, -0.05) is 42.0 Å². The molecule has 1 aromatic carbocycles. The first kappa shape index (κ1) is 12.7.